The van der Waals surface area contributed by atoms with Gasteiger partial charge in [0.2, 0.25) is 0 Å². The predicted molar refractivity (Wildman–Crippen MR) is 74.4 cm³/mol. The molecule has 21 heavy (non-hydrogen) atoms. The number of nitrogen functional groups attached to an aromatic ring is 1. The molecule has 0 fully saturated rings. The number of sulfone groups is 1. The van der Waals surface area contributed by atoms with E-state index in [1.54, 1.807) is 0 Å². The molecule has 0 atom stereocenters. The van der Waals surface area contributed by atoms with Crippen molar-refractivity contribution in [1.29, 1.82) is 0 Å². The average Bonchev–Trinajstić information content (AvgIpc) is 2.37. The Morgan fingerprint density at radius 3 is 2.05 bits per heavy atom. The van der Waals surface area contributed by atoms with E-state index >= 15 is 0 Å². The van der Waals surface area contributed by atoms with E-state index in [0.717, 1.165) is 12.3 Å². The quantitative estimate of drug-likeness (QED) is 0.865. The van der Waals surface area contributed by atoms with E-state index in [0.29, 0.717) is 0 Å². The van der Waals surface area contributed by atoms with Crippen molar-refractivity contribution in [1.82, 2.24) is 0 Å². The first kappa shape index (κ1) is 15.4. The molecule has 0 aromatic heterocycles. The van der Waals surface area contributed by atoms with Gasteiger partial charge in [0.25, 0.3) is 0 Å². The fourth-order valence-corrected chi connectivity index (χ4v) is 2.56. The highest BCUT2D eigenvalue weighted by molar-refractivity contribution is 7.90. The molecule has 2 aromatic rings. The Labute approximate surface area is 120 Å². The number of hydrogen-bond donors (Lipinski definition) is 1. The van der Waals surface area contributed by atoms with Crippen molar-refractivity contribution in [2.24, 2.45) is 0 Å². The minimum atomic E-state index is -4.54. The van der Waals surface area contributed by atoms with Gasteiger partial charge in [-0.2, -0.15) is 13.2 Å². The Kier molecular flexibility index (Phi) is 3.71. The zero-order valence-corrected chi connectivity index (χ0v) is 11.8. The second-order valence-corrected chi connectivity index (χ2v) is 6.62. The van der Waals surface area contributed by atoms with Gasteiger partial charge in [-0.25, -0.2) is 8.42 Å². The van der Waals surface area contributed by atoms with Gasteiger partial charge >= 0.3 is 6.18 Å². The van der Waals surface area contributed by atoms with E-state index in [9.17, 15) is 21.6 Å². The summed E-state index contributed by atoms with van der Waals surface area (Å²) in [5.74, 6) is 0. The number of alkyl halides is 3. The van der Waals surface area contributed by atoms with Crippen LogP contribution in [0.15, 0.2) is 47.4 Å². The molecule has 0 aliphatic carbocycles. The lowest BCUT2D eigenvalue weighted by molar-refractivity contribution is -0.137. The second kappa shape index (κ2) is 5.07. The molecule has 7 heteroatoms. The second-order valence-electron chi connectivity index (χ2n) is 4.60. The molecular weight excluding hydrogens is 303 g/mol. The number of halogens is 3. The van der Waals surface area contributed by atoms with Gasteiger partial charge in [-0.15, -0.1) is 0 Å². The summed E-state index contributed by atoms with van der Waals surface area (Å²) in [5, 5.41) is 0. The summed E-state index contributed by atoms with van der Waals surface area (Å²) in [6, 6.07) is 8.75. The molecule has 0 unspecified atom stereocenters. The molecule has 2 N–H and O–H groups in total. The highest BCUT2D eigenvalue weighted by Gasteiger charge is 2.33. The van der Waals surface area contributed by atoms with E-state index in [4.69, 9.17) is 5.73 Å². The number of hydrogen-bond acceptors (Lipinski definition) is 3. The lowest BCUT2D eigenvalue weighted by Gasteiger charge is -2.14. The van der Waals surface area contributed by atoms with Crippen LogP contribution in [0.5, 0.6) is 0 Å². The highest BCUT2D eigenvalue weighted by Crippen LogP contribution is 2.38. The molecule has 112 valence electrons. The molecule has 0 bridgehead atoms. The Balaban J connectivity index is 2.57. The third-order valence-corrected chi connectivity index (χ3v) is 4.07. The number of anilines is 1. The third kappa shape index (κ3) is 3.36. The molecular formula is C14H12F3NO2S. The first-order valence-corrected chi connectivity index (χ1v) is 7.75. The third-order valence-electron chi connectivity index (χ3n) is 2.94. The fourth-order valence-electron chi connectivity index (χ4n) is 1.93. The summed E-state index contributed by atoms with van der Waals surface area (Å²) in [5.41, 5.74) is 4.79. The van der Waals surface area contributed by atoms with Crippen molar-refractivity contribution < 1.29 is 21.6 Å². The zero-order chi connectivity index (χ0) is 15.8. The van der Waals surface area contributed by atoms with Crippen LogP contribution in [0.1, 0.15) is 5.56 Å². The molecule has 0 aliphatic rings. The topological polar surface area (TPSA) is 60.2 Å². The van der Waals surface area contributed by atoms with Crippen LogP contribution in [-0.2, 0) is 16.0 Å². The molecule has 0 spiro atoms. The molecule has 3 nitrogen and oxygen atoms in total. The summed E-state index contributed by atoms with van der Waals surface area (Å²) < 4.78 is 61.8. The van der Waals surface area contributed by atoms with Crippen molar-refractivity contribution in [2.75, 3.05) is 12.0 Å². The van der Waals surface area contributed by atoms with Crippen LogP contribution in [0.25, 0.3) is 11.1 Å². The van der Waals surface area contributed by atoms with E-state index in [2.05, 4.69) is 0 Å². The highest BCUT2D eigenvalue weighted by atomic mass is 32.2. The van der Waals surface area contributed by atoms with Crippen LogP contribution in [0.4, 0.5) is 18.9 Å². The smallest absolute Gasteiger partial charge is 0.399 e. The molecule has 0 radical (unpaired) electrons. The Morgan fingerprint density at radius 1 is 1.00 bits per heavy atom. The van der Waals surface area contributed by atoms with Crippen molar-refractivity contribution in [3.63, 3.8) is 0 Å². The Hall–Kier alpha value is -2.02. The summed E-state index contributed by atoms with van der Waals surface area (Å²) in [6.45, 7) is 0. The molecule has 0 amide bonds. The SMILES string of the molecule is CS(=O)(=O)c1ccc(-c2ccc(N)cc2C(F)(F)F)cc1. The zero-order valence-electron chi connectivity index (χ0n) is 11.0. The van der Waals surface area contributed by atoms with Crippen molar-refractivity contribution in [2.45, 2.75) is 11.1 Å². The first-order valence-electron chi connectivity index (χ1n) is 5.86. The van der Waals surface area contributed by atoms with Crippen LogP contribution in [0.3, 0.4) is 0 Å². The molecule has 2 rings (SSSR count). The minimum Gasteiger partial charge on any atom is -0.399 e. The van der Waals surface area contributed by atoms with Gasteiger partial charge in [0, 0.05) is 11.9 Å². The maximum Gasteiger partial charge on any atom is 0.417 e. The lowest BCUT2D eigenvalue weighted by atomic mass is 9.99. The number of rotatable bonds is 2. The van der Waals surface area contributed by atoms with Crippen molar-refractivity contribution in [3.8, 4) is 11.1 Å². The van der Waals surface area contributed by atoms with Gasteiger partial charge < -0.3 is 5.73 Å². The van der Waals surface area contributed by atoms with Crippen molar-refractivity contribution >= 4 is 15.5 Å². The van der Waals surface area contributed by atoms with Gasteiger partial charge in [-0.05, 0) is 35.4 Å². The Bertz CT molecular complexity index is 766. The number of nitrogens with two attached hydrogens (primary N) is 1. The standard InChI is InChI=1S/C14H12F3NO2S/c1-21(19,20)11-5-2-9(3-6-11)12-7-4-10(18)8-13(12)14(15,16)17/h2-8H,18H2,1H3. The molecule has 2 aromatic carbocycles. The maximum atomic E-state index is 13.0. The molecule has 0 saturated heterocycles. The van der Waals surface area contributed by atoms with E-state index < -0.39 is 21.6 Å². The maximum absolute atomic E-state index is 13.0. The first-order chi connectivity index (χ1) is 9.59. The monoisotopic (exact) mass is 315 g/mol. The average molecular weight is 315 g/mol. The largest absolute Gasteiger partial charge is 0.417 e. The summed E-state index contributed by atoms with van der Waals surface area (Å²) >= 11 is 0. The van der Waals surface area contributed by atoms with Gasteiger partial charge in [0.1, 0.15) is 0 Å². The molecule has 0 aliphatic heterocycles. The van der Waals surface area contributed by atoms with E-state index in [1.165, 1.54) is 36.4 Å². The normalized spacial score (nSPS) is 12.4. The van der Waals surface area contributed by atoms with E-state index in [-0.39, 0.29) is 21.7 Å². The van der Waals surface area contributed by atoms with E-state index in [1.807, 2.05) is 0 Å². The van der Waals surface area contributed by atoms with Gasteiger partial charge in [-0.1, -0.05) is 18.2 Å². The van der Waals surface area contributed by atoms with Gasteiger partial charge in [0.15, 0.2) is 9.84 Å². The lowest BCUT2D eigenvalue weighted by Crippen LogP contribution is -2.08. The minimum absolute atomic E-state index is 0.0128. The molecule has 0 saturated carbocycles. The van der Waals surface area contributed by atoms with Crippen LogP contribution in [0.2, 0.25) is 0 Å². The summed E-state index contributed by atoms with van der Waals surface area (Å²) in [4.78, 5) is 0.0512. The fraction of sp³-hybridized carbons (Fsp3) is 0.143. The number of benzene rings is 2. The summed E-state index contributed by atoms with van der Waals surface area (Å²) in [7, 11) is -3.39. The van der Waals surface area contributed by atoms with Crippen LogP contribution >= 0.6 is 0 Å². The predicted octanol–water partition coefficient (Wildman–Crippen LogP) is 3.36. The van der Waals surface area contributed by atoms with Crippen LogP contribution < -0.4 is 5.73 Å². The van der Waals surface area contributed by atoms with Gasteiger partial charge in [0.05, 0.1) is 10.5 Å². The summed E-state index contributed by atoms with van der Waals surface area (Å²) in [6.07, 6.45) is -3.51. The van der Waals surface area contributed by atoms with Crippen LogP contribution in [-0.4, -0.2) is 14.7 Å². The van der Waals surface area contributed by atoms with Crippen LogP contribution in [0, 0.1) is 0 Å². The Morgan fingerprint density at radius 2 is 1.57 bits per heavy atom. The van der Waals surface area contributed by atoms with Gasteiger partial charge in [-0.3, -0.25) is 0 Å². The van der Waals surface area contributed by atoms with Crippen molar-refractivity contribution in [3.05, 3.63) is 48.0 Å². The molecule has 0 heterocycles.